The van der Waals surface area contributed by atoms with E-state index in [4.69, 9.17) is 5.73 Å². The number of rotatable bonds is 5. The van der Waals surface area contributed by atoms with Crippen molar-refractivity contribution >= 4 is 30.6 Å². The van der Waals surface area contributed by atoms with Crippen LogP contribution in [0, 0.1) is 0 Å². The predicted molar refractivity (Wildman–Crippen MR) is 88.9 cm³/mol. The molecule has 1 aromatic heterocycles. The highest BCUT2D eigenvalue weighted by Crippen LogP contribution is 2.17. The van der Waals surface area contributed by atoms with Gasteiger partial charge in [-0.25, -0.2) is 9.97 Å². The minimum Gasteiger partial charge on any atom is -0.370 e. The monoisotopic (exact) mass is 314 g/mol. The maximum absolute atomic E-state index is 5.53. The molecule has 20 heavy (non-hydrogen) atoms. The fourth-order valence-electron chi connectivity index (χ4n) is 1.76. The highest BCUT2D eigenvalue weighted by molar-refractivity contribution is 5.85. The predicted octanol–water partition coefficient (Wildman–Crippen LogP) is 2.92. The number of anilines is 1. The Kier molecular flexibility index (Phi) is 8.88. The topological polar surface area (TPSA) is 63.8 Å². The van der Waals surface area contributed by atoms with Gasteiger partial charge in [-0.3, -0.25) is 0 Å². The van der Waals surface area contributed by atoms with Crippen molar-refractivity contribution in [2.24, 2.45) is 5.73 Å². The summed E-state index contributed by atoms with van der Waals surface area (Å²) in [7, 11) is 0. The molecular weight excluding hydrogens is 295 g/mol. The van der Waals surface area contributed by atoms with Gasteiger partial charge < -0.3 is 11.1 Å². The molecule has 6 heteroatoms. The van der Waals surface area contributed by atoms with Gasteiger partial charge in [0.15, 0.2) is 5.82 Å². The standard InChI is InChI=1S/C14H18N4.2ClH/c1-2-16-13-8-10-17-14(18-13)12-5-3-11(4-6-12)7-9-15;;/h3-6,8,10H,2,7,9,15H2,1H3,(H,16,17,18);2*1H. The average molecular weight is 315 g/mol. The Labute approximate surface area is 132 Å². The zero-order chi connectivity index (χ0) is 12.8. The van der Waals surface area contributed by atoms with Gasteiger partial charge in [0.25, 0.3) is 0 Å². The van der Waals surface area contributed by atoms with E-state index in [2.05, 4.69) is 27.4 Å². The van der Waals surface area contributed by atoms with E-state index in [1.165, 1.54) is 5.56 Å². The van der Waals surface area contributed by atoms with Gasteiger partial charge in [0.1, 0.15) is 5.82 Å². The summed E-state index contributed by atoms with van der Waals surface area (Å²) >= 11 is 0. The molecule has 0 aliphatic heterocycles. The van der Waals surface area contributed by atoms with Crippen LogP contribution in [-0.4, -0.2) is 23.1 Å². The fraction of sp³-hybridized carbons (Fsp3) is 0.286. The lowest BCUT2D eigenvalue weighted by Crippen LogP contribution is -2.02. The van der Waals surface area contributed by atoms with Crippen molar-refractivity contribution in [3.8, 4) is 11.4 Å². The number of nitrogens with zero attached hydrogens (tertiary/aromatic N) is 2. The molecule has 110 valence electrons. The Morgan fingerprint density at radius 3 is 2.40 bits per heavy atom. The smallest absolute Gasteiger partial charge is 0.161 e. The Morgan fingerprint density at radius 2 is 1.80 bits per heavy atom. The van der Waals surface area contributed by atoms with Gasteiger partial charge in [-0.1, -0.05) is 24.3 Å². The Bertz CT molecular complexity index is 503. The molecule has 0 amide bonds. The quantitative estimate of drug-likeness (QED) is 0.890. The molecule has 1 heterocycles. The van der Waals surface area contributed by atoms with Gasteiger partial charge in [0.05, 0.1) is 0 Å². The lowest BCUT2D eigenvalue weighted by Gasteiger charge is -2.05. The maximum atomic E-state index is 5.53. The van der Waals surface area contributed by atoms with Gasteiger partial charge in [-0.2, -0.15) is 0 Å². The van der Waals surface area contributed by atoms with E-state index in [1.807, 2.05) is 25.1 Å². The summed E-state index contributed by atoms with van der Waals surface area (Å²) in [5.41, 5.74) is 7.79. The SMILES string of the molecule is CCNc1ccnc(-c2ccc(CCN)cc2)n1.Cl.Cl. The third-order valence-electron chi connectivity index (χ3n) is 2.66. The van der Waals surface area contributed by atoms with Crippen LogP contribution in [0.15, 0.2) is 36.5 Å². The third kappa shape index (κ3) is 4.96. The summed E-state index contributed by atoms with van der Waals surface area (Å²) in [4.78, 5) is 8.75. The molecule has 0 radical (unpaired) electrons. The van der Waals surface area contributed by atoms with Crippen LogP contribution in [0.25, 0.3) is 11.4 Å². The maximum Gasteiger partial charge on any atom is 0.161 e. The molecule has 0 saturated carbocycles. The molecule has 2 aromatic rings. The van der Waals surface area contributed by atoms with Crippen LogP contribution in [0.1, 0.15) is 12.5 Å². The molecule has 0 aliphatic rings. The first kappa shape index (κ1) is 18.6. The summed E-state index contributed by atoms with van der Waals surface area (Å²) in [6.45, 7) is 3.57. The van der Waals surface area contributed by atoms with Crippen LogP contribution < -0.4 is 11.1 Å². The van der Waals surface area contributed by atoms with E-state index in [0.29, 0.717) is 6.54 Å². The fourth-order valence-corrected chi connectivity index (χ4v) is 1.76. The van der Waals surface area contributed by atoms with Crippen LogP contribution in [0.3, 0.4) is 0 Å². The van der Waals surface area contributed by atoms with Crippen molar-refractivity contribution in [2.75, 3.05) is 18.4 Å². The average Bonchev–Trinajstić information content (AvgIpc) is 2.41. The number of hydrogen-bond donors (Lipinski definition) is 2. The lowest BCUT2D eigenvalue weighted by molar-refractivity contribution is 0.969. The second-order valence-electron chi connectivity index (χ2n) is 4.03. The normalized spacial score (nSPS) is 9.30. The van der Waals surface area contributed by atoms with Crippen molar-refractivity contribution in [3.05, 3.63) is 42.1 Å². The molecule has 2 rings (SSSR count). The Balaban J connectivity index is 0.00000180. The largest absolute Gasteiger partial charge is 0.370 e. The van der Waals surface area contributed by atoms with E-state index >= 15 is 0 Å². The van der Waals surface area contributed by atoms with Crippen LogP contribution in [-0.2, 0) is 6.42 Å². The van der Waals surface area contributed by atoms with Crippen molar-refractivity contribution < 1.29 is 0 Å². The highest BCUT2D eigenvalue weighted by atomic mass is 35.5. The second-order valence-corrected chi connectivity index (χ2v) is 4.03. The summed E-state index contributed by atoms with van der Waals surface area (Å²) in [5.74, 6) is 1.60. The van der Waals surface area contributed by atoms with Crippen LogP contribution in [0.2, 0.25) is 0 Å². The first-order valence-electron chi connectivity index (χ1n) is 6.19. The zero-order valence-electron chi connectivity index (χ0n) is 11.4. The summed E-state index contributed by atoms with van der Waals surface area (Å²) in [5, 5.41) is 3.18. The molecular formula is C14H20Cl2N4. The first-order valence-corrected chi connectivity index (χ1v) is 6.19. The number of nitrogens with two attached hydrogens (primary N) is 1. The van der Waals surface area contributed by atoms with E-state index in [-0.39, 0.29) is 24.8 Å². The van der Waals surface area contributed by atoms with E-state index < -0.39 is 0 Å². The molecule has 3 N–H and O–H groups in total. The summed E-state index contributed by atoms with van der Waals surface area (Å²) < 4.78 is 0. The molecule has 0 fully saturated rings. The molecule has 0 bridgehead atoms. The summed E-state index contributed by atoms with van der Waals surface area (Å²) in [6.07, 6.45) is 2.67. The van der Waals surface area contributed by atoms with Crippen molar-refractivity contribution in [2.45, 2.75) is 13.3 Å². The van der Waals surface area contributed by atoms with Crippen molar-refractivity contribution in [1.29, 1.82) is 0 Å². The highest BCUT2D eigenvalue weighted by Gasteiger charge is 2.02. The number of halogens is 2. The Morgan fingerprint density at radius 1 is 1.10 bits per heavy atom. The zero-order valence-corrected chi connectivity index (χ0v) is 13.0. The molecule has 0 atom stereocenters. The number of hydrogen-bond acceptors (Lipinski definition) is 4. The molecule has 0 aliphatic carbocycles. The van der Waals surface area contributed by atoms with Crippen molar-refractivity contribution in [1.82, 2.24) is 9.97 Å². The number of benzene rings is 1. The van der Waals surface area contributed by atoms with Crippen LogP contribution in [0.5, 0.6) is 0 Å². The molecule has 0 saturated heterocycles. The van der Waals surface area contributed by atoms with Gasteiger partial charge in [0.2, 0.25) is 0 Å². The summed E-state index contributed by atoms with van der Waals surface area (Å²) in [6, 6.07) is 10.1. The van der Waals surface area contributed by atoms with E-state index in [1.54, 1.807) is 6.20 Å². The minimum atomic E-state index is 0. The first-order chi connectivity index (χ1) is 8.83. The van der Waals surface area contributed by atoms with Gasteiger partial charge in [-0.05, 0) is 31.5 Å². The van der Waals surface area contributed by atoms with Crippen molar-refractivity contribution in [3.63, 3.8) is 0 Å². The van der Waals surface area contributed by atoms with Gasteiger partial charge in [0, 0.05) is 18.3 Å². The third-order valence-corrected chi connectivity index (χ3v) is 2.66. The van der Waals surface area contributed by atoms with E-state index in [0.717, 1.165) is 30.2 Å². The number of nitrogens with one attached hydrogen (secondary N) is 1. The minimum absolute atomic E-state index is 0. The number of aromatic nitrogens is 2. The van der Waals surface area contributed by atoms with Crippen LogP contribution >= 0.6 is 24.8 Å². The molecule has 0 spiro atoms. The molecule has 0 unspecified atom stereocenters. The molecule has 4 nitrogen and oxygen atoms in total. The lowest BCUT2D eigenvalue weighted by atomic mass is 10.1. The van der Waals surface area contributed by atoms with Gasteiger partial charge >= 0.3 is 0 Å². The molecule has 1 aromatic carbocycles. The Hall–Kier alpha value is -1.36. The van der Waals surface area contributed by atoms with E-state index in [9.17, 15) is 0 Å². The van der Waals surface area contributed by atoms with Gasteiger partial charge in [-0.15, -0.1) is 24.8 Å². The van der Waals surface area contributed by atoms with Crippen LogP contribution in [0.4, 0.5) is 5.82 Å². The second kappa shape index (κ2) is 9.53.